The number of hydrogen-bond acceptors (Lipinski definition) is 5. The average molecular weight is 449 g/mol. The van der Waals surface area contributed by atoms with E-state index in [1.165, 1.54) is 0 Å². The number of nitriles is 1. The Balaban J connectivity index is 1.81. The van der Waals surface area contributed by atoms with Crippen molar-refractivity contribution in [2.45, 2.75) is 6.92 Å². The van der Waals surface area contributed by atoms with Gasteiger partial charge in [-0.15, -0.1) is 0 Å². The van der Waals surface area contributed by atoms with Gasteiger partial charge in [0.1, 0.15) is 28.9 Å². The van der Waals surface area contributed by atoms with Crippen molar-refractivity contribution in [1.82, 2.24) is 0 Å². The van der Waals surface area contributed by atoms with Crippen LogP contribution in [0.25, 0.3) is 28.5 Å². The number of benzene rings is 3. The fourth-order valence-corrected chi connectivity index (χ4v) is 3.60. The Hall–Kier alpha value is -4.56. The third-order valence-corrected chi connectivity index (χ3v) is 5.31. The molecule has 0 N–H and O–H groups in total. The molecule has 5 nitrogen and oxygen atoms in total. The van der Waals surface area contributed by atoms with E-state index in [1.807, 2.05) is 91.9 Å². The number of ether oxygens (including phenoxy) is 2. The molecular weight excluding hydrogens is 424 g/mol. The SMILES string of the molecule is COc1ccc(-c2oc(N=C/C(C)=C/c3ccccc3)c(C#N)c2-c2ccc(OC)cc2)cc1. The van der Waals surface area contributed by atoms with Crippen molar-refractivity contribution in [3.8, 4) is 40.0 Å². The van der Waals surface area contributed by atoms with Gasteiger partial charge in [-0.25, -0.2) is 4.99 Å². The van der Waals surface area contributed by atoms with Crippen LogP contribution in [0.1, 0.15) is 18.1 Å². The molecule has 0 bridgehead atoms. The first-order chi connectivity index (χ1) is 16.6. The van der Waals surface area contributed by atoms with E-state index in [0.29, 0.717) is 16.9 Å². The summed E-state index contributed by atoms with van der Waals surface area (Å²) in [6, 6.07) is 27.3. The minimum absolute atomic E-state index is 0.264. The molecule has 5 heteroatoms. The van der Waals surface area contributed by atoms with E-state index < -0.39 is 0 Å². The molecule has 0 aliphatic heterocycles. The van der Waals surface area contributed by atoms with E-state index >= 15 is 0 Å². The number of allylic oxidation sites excluding steroid dienone is 1. The van der Waals surface area contributed by atoms with Crippen LogP contribution in [0.2, 0.25) is 0 Å². The normalized spacial score (nSPS) is 11.4. The number of aliphatic imine (C=N–C) groups is 1. The fraction of sp³-hybridized carbons (Fsp3) is 0.103. The van der Waals surface area contributed by atoms with E-state index in [4.69, 9.17) is 13.9 Å². The molecule has 0 aliphatic rings. The van der Waals surface area contributed by atoms with Crippen LogP contribution in [0, 0.1) is 11.3 Å². The van der Waals surface area contributed by atoms with Crippen molar-refractivity contribution in [3.63, 3.8) is 0 Å². The maximum atomic E-state index is 10.1. The Morgan fingerprint density at radius 1 is 0.853 bits per heavy atom. The first-order valence-corrected chi connectivity index (χ1v) is 10.8. The van der Waals surface area contributed by atoms with Crippen LogP contribution in [-0.2, 0) is 0 Å². The lowest BCUT2D eigenvalue weighted by Crippen LogP contribution is -1.87. The van der Waals surface area contributed by atoms with E-state index in [-0.39, 0.29) is 5.88 Å². The summed E-state index contributed by atoms with van der Waals surface area (Å²) in [7, 11) is 3.24. The first-order valence-electron chi connectivity index (χ1n) is 10.8. The molecule has 0 saturated heterocycles. The molecule has 0 saturated carbocycles. The molecule has 0 atom stereocenters. The summed E-state index contributed by atoms with van der Waals surface area (Å²) in [5.74, 6) is 2.31. The second-order valence-corrected chi connectivity index (χ2v) is 7.61. The van der Waals surface area contributed by atoms with Gasteiger partial charge in [0.25, 0.3) is 0 Å². The Labute approximate surface area is 199 Å². The topological polar surface area (TPSA) is 67.8 Å². The summed E-state index contributed by atoms with van der Waals surface area (Å²) in [6.07, 6.45) is 3.73. The van der Waals surface area contributed by atoms with Gasteiger partial charge in [0.15, 0.2) is 0 Å². The molecular formula is C29H24N2O3. The number of hydrogen-bond donors (Lipinski definition) is 0. The van der Waals surface area contributed by atoms with Crippen molar-refractivity contribution >= 4 is 18.2 Å². The van der Waals surface area contributed by atoms with Crippen molar-refractivity contribution in [2.24, 2.45) is 4.99 Å². The van der Waals surface area contributed by atoms with Crippen LogP contribution in [0.4, 0.5) is 5.88 Å². The van der Waals surface area contributed by atoms with Crippen LogP contribution in [0.15, 0.2) is 93.8 Å². The minimum atomic E-state index is 0.264. The first kappa shape index (κ1) is 22.6. The molecule has 4 rings (SSSR count). The molecule has 0 spiro atoms. The standard InChI is InChI=1S/C29H24N2O3/c1-20(17-21-7-5-4-6-8-21)19-31-29-26(18-30)27(22-9-13-24(32-2)14-10-22)28(34-29)23-11-15-25(33-3)16-12-23/h4-17,19H,1-3H3/b20-17+,31-19?. The summed E-state index contributed by atoms with van der Waals surface area (Å²) in [5.41, 5.74) is 4.73. The predicted octanol–water partition coefficient (Wildman–Crippen LogP) is 7.31. The smallest absolute Gasteiger partial charge is 0.238 e. The van der Waals surface area contributed by atoms with Gasteiger partial charge in [-0.3, -0.25) is 0 Å². The molecule has 34 heavy (non-hydrogen) atoms. The van der Waals surface area contributed by atoms with E-state index in [1.54, 1.807) is 20.4 Å². The van der Waals surface area contributed by atoms with Crippen LogP contribution >= 0.6 is 0 Å². The third-order valence-electron chi connectivity index (χ3n) is 5.31. The third kappa shape index (κ3) is 4.92. The van der Waals surface area contributed by atoms with E-state index in [0.717, 1.165) is 33.8 Å². The number of rotatable bonds is 7. The van der Waals surface area contributed by atoms with Gasteiger partial charge in [-0.1, -0.05) is 48.5 Å². The van der Waals surface area contributed by atoms with Gasteiger partial charge in [0.2, 0.25) is 5.88 Å². The molecule has 168 valence electrons. The summed E-state index contributed by atoms with van der Waals surface area (Å²) >= 11 is 0. The number of methoxy groups -OCH3 is 2. The molecule has 0 aliphatic carbocycles. The van der Waals surface area contributed by atoms with Crippen molar-refractivity contribution in [2.75, 3.05) is 14.2 Å². The van der Waals surface area contributed by atoms with Crippen molar-refractivity contribution < 1.29 is 13.9 Å². The quantitative estimate of drug-likeness (QED) is 0.278. The van der Waals surface area contributed by atoms with Gasteiger partial charge in [0, 0.05) is 17.3 Å². The molecule has 1 aromatic heterocycles. The van der Waals surface area contributed by atoms with Gasteiger partial charge < -0.3 is 13.9 Å². The highest BCUT2D eigenvalue weighted by Crippen LogP contribution is 2.43. The Bertz CT molecular complexity index is 1360. The highest BCUT2D eigenvalue weighted by molar-refractivity contribution is 5.91. The van der Waals surface area contributed by atoms with Crippen molar-refractivity contribution in [1.29, 1.82) is 5.26 Å². The lowest BCUT2D eigenvalue weighted by molar-refractivity contribution is 0.414. The molecule has 4 aromatic rings. The zero-order valence-electron chi connectivity index (χ0n) is 19.3. The second-order valence-electron chi connectivity index (χ2n) is 7.61. The van der Waals surface area contributed by atoms with Crippen LogP contribution in [0.5, 0.6) is 11.5 Å². The summed E-state index contributed by atoms with van der Waals surface area (Å²) in [6.45, 7) is 1.96. The lowest BCUT2D eigenvalue weighted by atomic mass is 9.98. The maximum Gasteiger partial charge on any atom is 0.238 e. The number of nitrogens with zero attached hydrogens (tertiary/aromatic N) is 2. The second kappa shape index (κ2) is 10.4. The van der Waals surface area contributed by atoms with E-state index in [2.05, 4.69) is 11.1 Å². The lowest BCUT2D eigenvalue weighted by Gasteiger charge is -2.06. The Morgan fingerprint density at radius 3 is 2.00 bits per heavy atom. The molecule has 0 fully saturated rings. The Morgan fingerprint density at radius 2 is 1.44 bits per heavy atom. The molecule has 0 radical (unpaired) electrons. The summed E-state index contributed by atoms with van der Waals surface area (Å²) < 4.78 is 16.8. The van der Waals surface area contributed by atoms with Crippen LogP contribution in [-0.4, -0.2) is 20.4 Å². The predicted molar refractivity (Wildman–Crippen MR) is 136 cm³/mol. The van der Waals surface area contributed by atoms with Crippen LogP contribution < -0.4 is 9.47 Å². The largest absolute Gasteiger partial charge is 0.497 e. The highest BCUT2D eigenvalue weighted by atomic mass is 16.5. The molecule has 0 unspecified atom stereocenters. The average Bonchev–Trinajstić information content (AvgIpc) is 3.26. The zero-order chi connectivity index (χ0) is 23.9. The van der Waals surface area contributed by atoms with E-state index in [9.17, 15) is 5.26 Å². The summed E-state index contributed by atoms with van der Waals surface area (Å²) in [4.78, 5) is 4.54. The highest BCUT2D eigenvalue weighted by Gasteiger charge is 2.23. The van der Waals surface area contributed by atoms with Crippen LogP contribution in [0.3, 0.4) is 0 Å². The van der Waals surface area contributed by atoms with Crippen molar-refractivity contribution in [3.05, 3.63) is 95.6 Å². The molecule has 1 heterocycles. The molecule has 3 aromatic carbocycles. The maximum absolute atomic E-state index is 10.1. The minimum Gasteiger partial charge on any atom is -0.497 e. The Kier molecular flexibility index (Phi) is 6.90. The zero-order valence-corrected chi connectivity index (χ0v) is 19.3. The monoisotopic (exact) mass is 448 g/mol. The van der Waals surface area contributed by atoms with Gasteiger partial charge in [0.05, 0.1) is 14.2 Å². The summed E-state index contributed by atoms with van der Waals surface area (Å²) in [5, 5.41) is 10.1. The molecule has 0 amide bonds. The van der Waals surface area contributed by atoms with Gasteiger partial charge in [-0.2, -0.15) is 5.26 Å². The van der Waals surface area contributed by atoms with Gasteiger partial charge >= 0.3 is 0 Å². The van der Waals surface area contributed by atoms with Gasteiger partial charge in [-0.05, 0) is 60.0 Å². The fourth-order valence-electron chi connectivity index (χ4n) is 3.60. The number of furan rings is 1.